The average Bonchev–Trinajstić information content (AvgIpc) is 2.34. The number of nitrogens with zero attached hydrogens (tertiary/aromatic N) is 1. The van der Waals surface area contributed by atoms with E-state index in [1.807, 2.05) is 0 Å². The number of hydrogen-bond donors (Lipinski definition) is 2. The summed E-state index contributed by atoms with van der Waals surface area (Å²) in [5, 5.41) is 0. The summed E-state index contributed by atoms with van der Waals surface area (Å²) in [6.07, 6.45) is 3.37. The second-order valence-corrected chi connectivity index (χ2v) is 3.54. The van der Waals surface area contributed by atoms with Crippen molar-refractivity contribution in [1.29, 1.82) is 0 Å². The van der Waals surface area contributed by atoms with Crippen LogP contribution in [0.25, 0.3) is 0 Å². The lowest BCUT2D eigenvalue weighted by Gasteiger charge is -2.07. The second kappa shape index (κ2) is 3.72. The van der Waals surface area contributed by atoms with Gasteiger partial charge in [0.05, 0.1) is 6.04 Å². The average molecular weight is 155 g/mol. The first-order chi connectivity index (χ1) is 5.22. The smallest absolute Gasteiger partial charge is 0.111 e. The Balaban J connectivity index is 2.34. The molecule has 64 valence electrons. The van der Waals surface area contributed by atoms with Crippen molar-refractivity contribution < 1.29 is 0 Å². The maximum Gasteiger partial charge on any atom is 0.111 e. The molecular formula is C8H17N3. The molecule has 0 saturated carbocycles. The van der Waals surface area contributed by atoms with Crippen molar-refractivity contribution in [2.24, 2.45) is 16.8 Å². The second-order valence-electron chi connectivity index (χ2n) is 3.54. The molecule has 0 aromatic heterocycles. The van der Waals surface area contributed by atoms with Crippen molar-refractivity contribution in [3.05, 3.63) is 0 Å². The molecule has 1 aliphatic heterocycles. The van der Waals surface area contributed by atoms with Crippen molar-refractivity contribution in [2.45, 2.75) is 39.2 Å². The Morgan fingerprint density at radius 1 is 1.73 bits per heavy atom. The fraction of sp³-hybridized carbons (Fsp3) is 0.875. The van der Waals surface area contributed by atoms with E-state index in [0.717, 1.165) is 24.6 Å². The van der Waals surface area contributed by atoms with E-state index in [0.29, 0.717) is 6.04 Å². The highest BCUT2D eigenvalue weighted by atomic mass is 15.3. The molecule has 1 rings (SSSR count). The minimum Gasteiger partial charge on any atom is -0.312 e. The Labute approximate surface area is 68.0 Å². The highest BCUT2D eigenvalue weighted by molar-refractivity contribution is 5.83. The molecular weight excluding hydrogens is 138 g/mol. The summed E-state index contributed by atoms with van der Waals surface area (Å²) < 4.78 is 0. The number of hydrogen-bond acceptors (Lipinski definition) is 3. The molecule has 1 heterocycles. The molecule has 0 radical (unpaired) electrons. The van der Waals surface area contributed by atoms with Gasteiger partial charge in [-0.25, -0.2) is 5.84 Å². The fourth-order valence-corrected chi connectivity index (χ4v) is 1.48. The molecule has 11 heavy (non-hydrogen) atoms. The van der Waals surface area contributed by atoms with E-state index in [1.165, 1.54) is 6.42 Å². The van der Waals surface area contributed by atoms with Gasteiger partial charge >= 0.3 is 0 Å². The van der Waals surface area contributed by atoms with E-state index in [4.69, 9.17) is 5.84 Å². The topological polar surface area (TPSA) is 50.4 Å². The summed E-state index contributed by atoms with van der Waals surface area (Å²) in [6.45, 7) is 4.45. The van der Waals surface area contributed by atoms with Gasteiger partial charge in [0.2, 0.25) is 0 Å². The van der Waals surface area contributed by atoms with Crippen LogP contribution in [0.2, 0.25) is 0 Å². The maximum atomic E-state index is 5.25. The van der Waals surface area contributed by atoms with Crippen LogP contribution in [-0.2, 0) is 0 Å². The lowest BCUT2D eigenvalue weighted by molar-refractivity contribution is 0.496. The van der Waals surface area contributed by atoms with Gasteiger partial charge in [-0.3, -0.25) is 4.99 Å². The van der Waals surface area contributed by atoms with E-state index in [9.17, 15) is 0 Å². The molecule has 0 spiro atoms. The molecule has 1 atom stereocenters. The predicted molar refractivity (Wildman–Crippen MR) is 47.2 cm³/mol. The minimum atomic E-state index is 0.515. The monoisotopic (exact) mass is 155 g/mol. The van der Waals surface area contributed by atoms with Crippen molar-refractivity contribution in [3.8, 4) is 0 Å². The summed E-state index contributed by atoms with van der Waals surface area (Å²) in [5.74, 6) is 6.95. The molecule has 0 amide bonds. The predicted octanol–water partition coefficient (Wildman–Crippen LogP) is 1.06. The fourth-order valence-electron chi connectivity index (χ4n) is 1.48. The van der Waals surface area contributed by atoms with Gasteiger partial charge in [0.15, 0.2) is 0 Å². The van der Waals surface area contributed by atoms with Crippen LogP contribution in [0.1, 0.15) is 33.1 Å². The van der Waals surface area contributed by atoms with Gasteiger partial charge in [-0.15, -0.1) is 0 Å². The van der Waals surface area contributed by atoms with Crippen molar-refractivity contribution in [3.63, 3.8) is 0 Å². The van der Waals surface area contributed by atoms with Crippen molar-refractivity contribution in [2.75, 3.05) is 0 Å². The van der Waals surface area contributed by atoms with Crippen LogP contribution in [0.3, 0.4) is 0 Å². The summed E-state index contributed by atoms with van der Waals surface area (Å²) in [5.41, 5.74) is 2.62. The van der Waals surface area contributed by atoms with Crippen molar-refractivity contribution in [1.82, 2.24) is 5.43 Å². The third-order valence-corrected chi connectivity index (χ3v) is 1.96. The normalized spacial score (nSPS) is 24.0. The number of amidine groups is 1. The first-order valence-electron chi connectivity index (χ1n) is 4.25. The minimum absolute atomic E-state index is 0.515. The Morgan fingerprint density at radius 3 is 2.91 bits per heavy atom. The highest BCUT2D eigenvalue weighted by Crippen LogP contribution is 2.18. The number of aliphatic imine (C=N–C) groups is 1. The van der Waals surface area contributed by atoms with Crippen LogP contribution in [0, 0.1) is 5.92 Å². The van der Waals surface area contributed by atoms with E-state index < -0.39 is 0 Å². The van der Waals surface area contributed by atoms with Gasteiger partial charge in [-0.1, -0.05) is 13.8 Å². The third kappa shape index (κ3) is 2.50. The van der Waals surface area contributed by atoms with Crippen LogP contribution in [0.15, 0.2) is 4.99 Å². The molecule has 0 bridgehead atoms. The summed E-state index contributed by atoms with van der Waals surface area (Å²) >= 11 is 0. The largest absolute Gasteiger partial charge is 0.312 e. The summed E-state index contributed by atoms with van der Waals surface area (Å²) in [7, 11) is 0. The lowest BCUT2D eigenvalue weighted by Crippen LogP contribution is -2.28. The van der Waals surface area contributed by atoms with Gasteiger partial charge in [0.1, 0.15) is 5.84 Å². The summed E-state index contributed by atoms with van der Waals surface area (Å²) in [6, 6.07) is 0.515. The van der Waals surface area contributed by atoms with Crippen LogP contribution in [-0.4, -0.2) is 11.9 Å². The first kappa shape index (κ1) is 8.53. The zero-order valence-electron chi connectivity index (χ0n) is 7.30. The van der Waals surface area contributed by atoms with Gasteiger partial charge in [0.25, 0.3) is 0 Å². The zero-order chi connectivity index (χ0) is 8.27. The SMILES string of the molecule is CC(C)CC1CCC(NN)=N1. The van der Waals surface area contributed by atoms with Gasteiger partial charge in [-0.2, -0.15) is 0 Å². The van der Waals surface area contributed by atoms with Gasteiger partial charge < -0.3 is 5.43 Å². The molecule has 3 heteroatoms. The van der Waals surface area contributed by atoms with Crippen LogP contribution < -0.4 is 11.3 Å². The summed E-state index contributed by atoms with van der Waals surface area (Å²) in [4.78, 5) is 4.43. The Morgan fingerprint density at radius 2 is 2.45 bits per heavy atom. The molecule has 3 nitrogen and oxygen atoms in total. The molecule has 0 aromatic carbocycles. The quantitative estimate of drug-likeness (QED) is 0.462. The Bertz CT molecular complexity index is 151. The standard InChI is InChI=1S/C8H17N3/c1-6(2)5-7-3-4-8(10-7)11-9/h6-7H,3-5,9H2,1-2H3,(H,10,11). The van der Waals surface area contributed by atoms with E-state index >= 15 is 0 Å². The highest BCUT2D eigenvalue weighted by Gasteiger charge is 2.17. The molecule has 0 fully saturated rings. The van der Waals surface area contributed by atoms with Gasteiger partial charge in [0, 0.05) is 6.42 Å². The Hall–Kier alpha value is -0.570. The van der Waals surface area contributed by atoms with E-state index in [1.54, 1.807) is 0 Å². The van der Waals surface area contributed by atoms with Crippen molar-refractivity contribution >= 4 is 5.84 Å². The van der Waals surface area contributed by atoms with Crippen LogP contribution >= 0.6 is 0 Å². The number of nitrogens with one attached hydrogen (secondary N) is 1. The zero-order valence-corrected chi connectivity index (χ0v) is 7.30. The van der Waals surface area contributed by atoms with E-state index in [2.05, 4.69) is 24.3 Å². The van der Waals surface area contributed by atoms with Gasteiger partial charge in [-0.05, 0) is 18.8 Å². The molecule has 1 unspecified atom stereocenters. The number of rotatable bonds is 2. The third-order valence-electron chi connectivity index (χ3n) is 1.96. The Kier molecular flexibility index (Phi) is 2.88. The van der Waals surface area contributed by atoms with Crippen LogP contribution in [0.4, 0.5) is 0 Å². The van der Waals surface area contributed by atoms with E-state index in [-0.39, 0.29) is 0 Å². The first-order valence-corrected chi connectivity index (χ1v) is 4.25. The molecule has 1 aliphatic rings. The molecule has 0 saturated heterocycles. The number of nitrogens with two attached hydrogens (primary N) is 1. The maximum absolute atomic E-state index is 5.25. The lowest BCUT2D eigenvalue weighted by atomic mass is 10.0. The number of hydrazine groups is 1. The molecule has 3 N–H and O–H groups in total. The molecule has 0 aromatic rings. The van der Waals surface area contributed by atoms with Crippen LogP contribution in [0.5, 0.6) is 0 Å². The molecule has 0 aliphatic carbocycles.